The summed E-state index contributed by atoms with van der Waals surface area (Å²) in [7, 11) is 0. The lowest BCUT2D eigenvalue weighted by atomic mass is 9.71. The number of likely N-dealkylation sites (tertiary alicyclic amines) is 1. The Kier molecular flexibility index (Phi) is 3.87. The van der Waals surface area contributed by atoms with E-state index in [9.17, 15) is 5.11 Å². The minimum Gasteiger partial charge on any atom is -0.390 e. The van der Waals surface area contributed by atoms with Gasteiger partial charge in [-0.05, 0) is 44.2 Å². The van der Waals surface area contributed by atoms with Crippen molar-refractivity contribution in [3.05, 3.63) is 34.9 Å². The Morgan fingerprint density at radius 2 is 2.10 bits per heavy atom. The van der Waals surface area contributed by atoms with E-state index in [1.807, 2.05) is 0 Å². The van der Waals surface area contributed by atoms with Gasteiger partial charge in [0.25, 0.3) is 0 Å². The molecule has 0 amide bonds. The molecule has 2 atom stereocenters. The summed E-state index contributed by atoms with van der Waals surface area (Å²) in [6, 6.07) is 6.73. The lowest BCUT2D eigenvalue weighted by molar-refractivity contribution is -0.0968. The monoisotopic (exact) mass is 273 g/mol. The van der Waals surface area contributed by atoms with Gasteiger partial charge in [-0.25, -0.2) is 0 Å². The summed E-state index contributed by atoms with van der Waals surface area (Å²) < 4.78 is 0. The normalized spacial score (nSPS) is 31.1. The van der Waals surface area contributed by atoms with Crippen LogP contribution in [0.5, 0.6) is 0 Å². The first-order valence-corrected chi connectivity index (χ1v) is 8.08. The summed E-state index contributed by atoms with van der Waals surface area (Å²) >= 11 is 0. The highest BCUT2D eigenvalue weighted by Crippen LogP contribution is 2.40. The highest BCUT2D eigenvalue weighted by molar-refractivity contribution is 5.30. The van der Waals surface area contributed by atoms with Gasteiger partial charge in [0.2, 0.25) is 0 Å². The molecule has 3 rings (SSSR count). The van der Waals surface area contributed by atoms with Gasteiger partial charge in [0, 0.05) is 25.6 Å². The molecule has 1 aromatic rings. The molecule has 110 valence electrons. The van der Waals surface area contributed by atoms with Crippen LogP contribution in [0.15, 0.2) is 18.2 Å². The zero-order valence-corrected chi connectivity index (χ0v) is 12.9. The van der Waals surface area contributed by atoms with Gasteiger partial charge in [-0.2, -0.15) is 0 Å². The van der Waals surface area contributed by atoms with Crippen molar-refractivity contribution in [1.82, 2.24) is 4.90 Å². The van der Waals surface area contributed by atoms with E-state index in [2.05, 4.69) is 36.9 Å². The fraction of sp³-hybridized carbons (Fsp3) is 0.667. The van der Waals surface area contributed by atoms with Crippen molar-refractivity contribution in [3.63, 3.8) is 0 Å². The van der Waals surface area contributed by atoms with Gasteiger partial charge >= 0.3 is 0 Å². The molecule has 20 heavy (non-hydrogen) atoms. The van der Waals surface area contributed by atoms with E-state index in [1.54, 1.807) is 0 Å². The van der Waals surface area contributed by atoms with Gasteiger partial charge in [-0.1, -0.05) is 36.6 Å². The van der Waals surface area contributed by atoms with Crippen molar-refractivity contribution in [2.75, 3.05) is 13.1 Å². The van der Waals surface area contributed by atoms with E-state index in [0.717, 1.165) is 32.5 Å². The fourth-order valence-corrected chi connectivity index (χ4v) is 3.99. The van der Waals surface area contributed by atoms with Gasteiger partial charge in [-0.3, -0.25) is 4.90 Å². The highest BCUT2D eigenvalue weighted by Gasteiger charge is 2.42. The first kappa shape index (κ1) is 14.1. The van der Waals surface area contributed by atoms with Gasteiger partial charge in [0.1, 0.15) is 0 Å². The maximum Gasteiger partial charge on any atom is 0.0700 e. The average molecular weight is 273 g/mol. The molecule has 2 unspecified atom stereocenters. The second-order valence-corrected chi connectivity index (χ2v) is 6.96. The number of hydrogen-bond acceptors (Lipinski definition) is 2. The quantitative estimate of drug-likeness (QED) is 0.892. The number of rotatable bonds is 2. The molecule has 0 spiro atoms. The first-order valence-electron chi connectivity index (χ1n) is 8.08. The summed E-state index contributed by atoms with van der Waals surface area (Å²) in [5.41, 5.74) is 3.83. The number of benzene rings is 1. The van der Waals surface area contributed by atoms with Gasteiger partial charge < -0.3 is 5.11 Å². The molecular weight excluding hydrogens is 246 g/mol. The van der Waals surface area contributed by atoms with Crippen LogP contribution < -0.4 is 0 Å². The summed E-state index contributed by atoms with van der Waals surface area (Å²) in [5.74, 6) is 0.495. The molecule has 0 radical (unpaired) electrons. The van der Waals surface area contributed by atoms with E-state index in [4.69, 9.17) is 0 Å². The Bertz CT molecular complexity index is 484. The zero-order chi connectivity index (χ0) is 14.2. The molecule has 1 aliphatic heterocycles. The van der Waals surface area contributed by atoms with Crippen LogP contribution in [0.3, 0.4) is 0 Å². The molecule has 1 N–H and O–H groups in total. The van der Waals surface area contributed by atoms with Crippen molar-refractivity contribution < 1.29 is 5.11 Å². The number of nitrogens with zero attached hydrogens (tertiary/aromatic N) is 1. The minimum atomic E-state index is -0.351. The van der Waals surface area contributed by atoms with Crippen LogP contribution in [0.2, 0.25) is 0 Å². The third-order valence-corrected chi connectivity index (χ3v) is 5.41. The standard InChI is InChI=1S/C18H27NO/c1-14-6-7-15(2)16(11-14)12-19-10-9-18(20)8-4-3-5-17(18)13-19/h6-7,11,17,20H,3-5,8-10,12-13H2,1-2H3. The molecule has 1 heterocycles. The molecular formula is C18H27NO. The second-order valence-electron chi connectivity index (χ2n) is 6.96. The minimum absolute atomic E-state index is 0.351. The van der Waals surface area contributed by atoms with Crippen molar-refractivity contribution in [1.29, 1.82) is 0 Å². The van der Waals surface area contributed by atoms with Crippen molar-refractivity contribution in [2.24, 2.45) is 5.92 Å². The number of aliphatic hydroxyl groups is 1. The van der Waals surface area contributed by atoms with E-state index >= 15 is 0 Å². The molecule has 0 aromatic heterocycles. The largest absolute Gasteiger partial charge is 0.390 e. The van der Waals surface area contributed by atoms with Gasteiger partial charge in [0.15, 0.2) is 0 Å². The molecule has 2 heteroatoms. The first-order chi connectivity index (χ1) is 9.57. The van der Waals surface area contributed by atoms with E-state index in [1.165, 1.54) is 36.0 Å². The van der Waals surface area contributed by atoms with Crippen LogP contribution in [0, 0.1) is 19.8 Å². The molecule has 1 aliphatic carbocycles. The zero-order valence-electron chi connectivity index (χ0n) is 12.9. The Balaban J connectivity index is 1.69. The van der Waals surface area contributed by atoms with Crippen molar-refractivity contribution >= 4 is 0 Å². The fourth-order valence-electron chi connectivity index (χ4n) is 3.99. The maximum atomic E-state index is 10.7. The summed E-state index contributed by atoms with van der Waals surface area (Å²) in [6.45, 7) is 7.53. The molecule has 1 saturated heterocycles. The van der Waals surface area contributed by atoms with Crippen LogP contribution in [0.4, 0.5) is 0 Å². The predicted molar refractivity (Wildman–Crippen MR) is 82.7 cm³/mol. The summed E-state index contributed by atoms with van der Waals surface area (Å²) in [5, 5.41) is 10.7. The highest BCUT2D eigenvalue weighted by atomic mass is 16.3. The van der Waals surface area contributed by atoms with Crippen LogP contribution >= 0.6 is 0 Å². The Morgan fingerprint density at radius 1 is 1.25 bits per heavy atom. The van der Waals surface area contributed by atoms with Crippen LogP contribution in [-0.2, 0) is 6.54 Å². The predicted octanol–water partition coefficient (Wildman–Crippen LogP) is 3.43. The molecule has 1 saturated carbocycles. The Labute approximate surface area is 122 Å². The molecule has 0 bridgehead atoms. The number of piperidine rings is 1. The summed E-state index contributed by atoms with van der Waals surface area (Å²) in [4.78, 5) is 2.55. The number of aryl methyl sites for hydroxylation is 2. The van der Waals surface area contributed by atoms with Crippen molar-refractivity contribution in [2.45, 2.75) is 58.1 Å². The van der Waals surface area contributed by atoms with E-state index in [0.29, 0.717) is 5.92 Å². The lowest BCUT2D eigenvalue weighted by Crippen LogP contribution is -2.53. The Hall–Kier alpha value is -0.860. The third-order valence-electron chi connectivity index (χ3n) is 5.41. The SMILES string of the molecule is Cc1ccc(C)c(CN2CCC3(O)CCCCC3C2)c1. The topological polar surface area (TPSA) is 23.5 Å². The van der Waals surface area contributed by atoms with Crippen LogP contribution in [0.25, 0.3) is 0 Å². The molecule has 1 aromatic carbocycles. The molecule has 2 aliphatic rings. The maximum absolute atomic E-state index is 10.7. The smallest absolute Gasteiger partial charge is 0.0700 e. The van der Waals surface area contributed by atoms with Gasteiger partial charge in [-0.15, -0.1) is 0 Å². The number of hydrogen-bond donors (Lipinski definition) is 1. The lowest BCUT2D eigenvalue weighted by Gasteiger charge is -2.47. The number of fused-ring (bicyclic) bond motifs is 1. The Morgan fingerprint density at radius 3 is 2.95 bits per heavy atom. The van der Waals surface area contributed by atoms with Crippen molar-refractivity contribution in [3.8, 4) is 0 Å². The third kappa shape index (κ3) is 2.77. The van der Waals surface area contributed by atoms with Gasteiger partial charge in [0.05, 0.1) is 5.60 Å². The van der Waals surface area contributed by atoms with Crippen LogP contribution in [-0.4, -0.2) is 28.7 Å². The summed E-state index contributed by atoms with van der Waals surface area (Å²) in [6.07, 6.45) is 5.70. The van der Waals surface area contributed by atoms with E-state index in [-0.39, 0.29) is 5.60 Å². The van der Waals surface area contributed by atoms with Crippen LogP contribution in [0.1, 0.15) is 48.8 Å². The average Bonchev–Trinajstić information content (AvgIpc) is 2.43. The molecule has 2 fully saturated rings. The molecule has 2 nitrogen and oxygen atoms in total. The van der Waals surface area contributed by atoms with E-state index < -0.39 is 0 Å². The second kappa shape index (κ2) is 5.50.